The van der Waals surface area contributed by atoms with Crippen LogP contribution >= 0.6 is 0 Å². The first-order valence-corrected chi connectivity index (χ1v) is 9.32. The summed E-state index contributed by atoms with van der Waals surface area (Å²) in [6.07, 6.45) is 3.04. The fraction of sp³-hybridized carbons (Fsp3) is 0.500. The fourth-order valence-electron chi connectivity index (χ4n) is 2.41. The van der Waals surface area contributed by atoms with Crippen LogP contribution in [0, 0.1) is 24.2 Å². The summed E-state index contributed by atoms with van der Waals surface area (Å²) in [6.45, 7) is 3.55. The lowest BCUT2D eigenvalue weighted by atomic mass is 9.98. The number of carbonyl (C=O) groups is 1. The Balaban J connectivity index is 2.03. The second kappa shape index (κ2) is 6.20. The van der Waals surface area contributed by atoms with Crippen molar-refractivity contribution in [2.75, 3.05) is 18.1 Å². The highest BCUT2D eigenvalue weighted by Crippen LogP contribution is 2.39. The lowest BCUT2D eigenvalue weighted by molar-refractivity contribution is -0.120. The third-order valence-corrected chi connectivity index (χ3v) is 5.21. The lowest BCUT2D eigenvalue weighted by Gasteiger charge is -2.23. The minimum Gasteiger partial charge on any atom is -0.376 e. The number of nitrogens with one attached hydrogen (secondary N) is 2. The number of rotatable bonds is 6. The van der Waals surface area contributed by atoms with Crippen molar-refractivity contribution in [1.29, 1.82) is 5.26 Å². The van der Waals surface area contributed by atoms with Crippen LogP contribution in [0.15, 0.2) is 23.1 Å². The Morgan fingerprint density at radius 2 is 2.09 bits per heavy atom. The minimum atomic E-state index is -3.30. The van der Waals surface area contributed by atoms with Crippen molar-refractivity contribution in [3.8, 4) is 6.07 Å². The lowest BCUT2D eigenvalue weighted by Crippen LogP contribution is -2.48. The molecule has 1 unspecified atom stereocenters. The number of aryl methyl sites for hydroxylation is 1. The van der Waals surface area contributed by atoms with E-state index in [1.807, 2.05) is 6.92 Å². The van der Waals surface area contributed by atoms with Crippen LogP contribution in [0.25, 0.3) is 0 Å². The molecule has 1 aliphatic rings. The second-order valence-corrected chi connectivity index (χ2v) is 8.25. The van der Waals surface area contributed by atoms with Gasteiger partial charge in [-0.25, -0.2) is 8.42 Å². The van der Waals surface area contributed by atoms with Gasteiger partial charge in [0, 0.05) is 11.9 Å². The smallest absolute Gasteiger partial charge is 0.240 e. The maximum atomic E-state index is 12.1. The van der Waals surface area contributed by atoms with Crippen LogP contribution in [0.1, 0.15) is 25.3 Å². The Labute approximate surface area is 136 Å². The Morgan fingerprint density at radius 3 is 2.61 bits per heavy atom. The van der Waals surface area contributed by atoms with Crippen LogP contribution in [-0.4, -0.2) is 32.7 Å². The van der Waals surface area contributed by atoms with Gasteiger partial charge in [0.25, 0.3) is 0 Å². The molecule has 0 radical (unpaired) electrons. The van der Waals surface area contributed by atoms with E-state index in [1.165, 1.54) is 12.1 Å². The number of hydrogen-bond donors (Lipinski definition) is 2. The molecule has 0 spiro atoms. The average Bonchev–Trinajstić information content (AvgIpc) is 3.30. The molecule has 2 N–H and O–H groups in total. The second-order valence-electron chi connectivity index (χ2n) is 6.24. The van der Waals surface area contributed by atoms with Gasteiger partial charge in [0.2, 0.25) is 5.91 Å². The van der Waals surface area contributed by atoms with E-state index in [0.29, 0.717) is 5.69 Å². The molecule has 0 aliphatic heterocycles. The van der Waals surface area contributed by atoms with Gasteiger partial charge < -0.3 is 10.6 Å². The summed E-state index contributed by atoms with van der Waals surface area (Å²) >= 11 is 0. The summed E-state index contributed by atoms with van der Waals surface area (Å²) in [4.78, 5) is 12.3. The molecule has 23 heavy (non-hydrogen) atoms. The number of carbonyl (C=O) groups excluding carboxylic acids is 1. The number of amides is 1. The molecule has 1 fully saturated rings. The topological polar surface area (TPSA) is 99.1 Å². The SMILES string of the molecule is Cc1ccc(S(C)(=O)=O)cc1NCC(=O)NC(C)(C#N)C1CC1. The molecule has 1 aromatic rings. The van der Waals surface area contributed by atoms with Crippen molar-refractivity contribution in [2.45, 2.75) is 37.1 Å². The Hall–Kier alpha value is -2.07. The molecule has 1 atom stereocenters. The quantitative estimate of drug-likeness (QED) is 0.823. The highest BCUT2D eigenvalue weighted by Gasteiger charge is 2.42. The predicted octanol–water partition coefficient (Wildman–Crippen LogP) is 1.62. The molecular formula is C16H21N3O3S. The zero-order chi connectivity index (χ0) is 17.3. The maximum absolute atomic E-state index is 12.1. The zero-order valence-corrected chi connectivity index (χ0v) is 14.3. The first-order chi connectivity index (χ1) is 10.7. The molecule has 124 valence electrons. The highest BCUT2D eigenvalue weighted by molar-refractivity contribution is 7.90. The largest absolute Gasteiger partial charge is 0.376 e. The number of sulfone groups is 1. The highest BCUT2D eigenvalue weighted by atomic mass is 32.2. The van der Waals surface area contributed by atoms with Crippen LogP contribution in [-0.2, 0) is 14.6 Å². The molecule has 0 aromatic heterocycles. The van der Waals surface area contributed by atoms with E-state index in [0.717, 1.165) is 24.7 Å². The van der Waals surface area contributed by atoms with E-state index in [4.69, 9.17) is 0 Å². The van der Waals surface area contributed by atoms with Crippen LogP contribution in [0.3, 0.4) is 0 Å². The predicted molar refractivity (Wildman–Crippen MR) is 87.7 cm³/mol. The van der Waals surface area contributed by atoms with Gasteiger partial charge in [-0.3, -0.25) is 4.79 Å². The number of benzene rings is 1. The van der Waals surface area contributed by atoms with E-state index in [1.54, 1.807) is 13.0 Å². The van der Waals surface area contributed by atoms with Gasteiger partial charge in [-0.1, -0.05) is 6.07 Å². The molecule has 1 amide bonds. The van der Waals surface area contributed by atoms with Gasteiger partial charge >= 0.3 is 0 Å². The number of anilines is 1. The van der Waals surface area contributed by atoms with Crippen LogP contribution in [0.5, 0.6) is 0 Å². The molecule has 6 nitrogen and oxygen atoms in total. The number of nitrogens with zero attached hydrogens (tertiary/aromatic N) is 1. The van der Waals surface area contributed by atoms with Gasteiger partial charge in [-0.2, -0.15) is 5.26 Å². The normalized spacial score (nSPS) is 17.0. The van der Waals surface area contributed by atoms with Crippen LogP contribution in [0.2, 0.25) is 0 Å². The molecular weight excluding hydrogens is 314 g/mol. The fourth-order valence-corrected chi connectivity index (χ4v) is 3.06. The van der Waals surface area contributed by atoms with E-state index < -0.39 is 15.4 Å². The summed E-state index contributed by atoms with van der Waals surface area (Å²) in [6, 6.07) is 6.92. The Morgan fingerprint density at radius 1 is 1.43 bits per heavy atom. The van der Waals surface area contributed by atoms with E-state index in [2.05, 4.69) is 16.7 Å². The first kappa shape index (κ1) is 17.3. The third kappa shape index (κ3) is 4.23. The first-order valence-electron chi connectivity index (χ1n) is 7.42. The van der Waals surface area contributed by atoms with E-state index in [9.17, 15) is 18.5 Å². The number of nitriles is 1. The molecule has 7 heteroatoms. The molecule has 0 bridgehead atoms. The van der Waals surface area contributed by atoms with Crippen molar-refractivity contribution in [1.82, 2.24) is 5.32 Å². The molecule has 1 aliphatic carbocycles. The maximum Gasteiger partial charge on any atom is 0.240 e. The molecule has 0 heterocycles. The van der Waals surface area contributed by atoms with Crippen molar-refractivity contribution in [3.63, 3.8) is 0 Å². The Bertz CT molecular complexity index is 763. The van der Waals surface area contributed by atoms with Crippen molar-refractivity contribution in [2.24, 2.45) is 5.92 Å². The van der Waals surface area contributed by atoms with E-state index >= 15 is 0 Å². The van der Waals surface area contributed by atoms with Gasteiger partial charge in [-0.05, 0) is 50.3 Å². The monoisotopic (exact) mass is 335 g/mol. The molecule has 0 saturated heterocycles. The zero-order valence-electron chi connectivity index (χ0n) is 13.5. The van der Waals surface area contributed by atoms with Gasteiger partial charge in [-0.15, -0.1) is 0 Å². The Kier molecular flexibility index (Phi) is 4.66. The van der Waals surface area contributed by atoms with Gasteiger partial charge in [0.1, 0.15) is 5.54 Å². The van der Waals surface area contributed by atoms with Crippen molar-refractivity contribution in [3.05, 3.63) is 23.8 Å². The minimum absolute atomic E-state index is 0.0158. The van der Waals surface area contributed by atoms with Crippen LogP contribution < -0.4 is 10.6 Å². The summed E-state index contributed by atoms with van der Waals surface area (Å²) in [5.41, 5.74) is 0.603. The standard InChI is InChI=1S/C16H21N3O3S/c1-11-4-7-13(23(3,21)22)8-14(11)18-9-15(20)19-16(2,10-17)12-5-6-12/h4,7-8,12,18H,5-6,9H2,1-3H3,(H,19,20). The summed E-state index contributed by atoms with van der Waals surface area (Å²) in [7, 11) is -3.30. The summed E-state index contributed by atoms with van der Waals surface area (Å²) in [5.74, 6) is -0.0724. The van der Waals surface area contributed by atoms with E-state index in [-0.39, 0.29) is 23.3 Å². The average molecular weight is 335 g/mol. The van der Waals surface area contributed by atoms with Crippen molar-refractivity contribution >= 4 is 21.4 Å². The molecule has 1 aromatic carbocycles. The van der Waals surface area contributed by atoms with Gasteiger partial charge in [0.05, 0.1) is 17.5 Å². The van der Waals surface area contributed by atoms with Gasteiger partial charge in [0.15, 0.2) is 9.84 Å². The molecule has 1 saturated carbocycles. The van der Waals surface area contributed by atoms with Crippen LogP contribution in [0.4, 0.5) is 5.69 Å². The van der Waals surface area contributed by atoms with Crippen molar-refractivity contribution < 1.29 is 13.2 Å². The number of hydrogen-bond acceptors (Lipinski definition) is 5. The third-order valence-electron chi connectivity index (χ3n) is 4.10. The summed E-state index contributed by atoms with van der Waals surface area (Å²) in [5, 5.41) is 15.0. The molecule has 2 rings (SSSR count). The summed E-state index contributed by atoms with van der Waals surface area (Å²) < 4.78 is 23.2.